The molecule has 3 nitrogen and oxygen atoms in total. The number of hydrogen-bond donors (Lipinski definition) is 1. The van der Waals surface area contributed by atoms with Crippen LogP contribution < -0.4 is 10.1 Å². The van der Waals surface area contributed by atoms with Gasteiger partial charge < -0.3 is 10.1 Å². The van der Waals surface area contributed by atoms with Crippen molar-refractivity contribution < 1.29 is 4.74 Å². The van der Waals surface area contributed by atoms with Crippen LogP contribution in [-0.4, -0.2) is 24.1 Å². The van der Waals surface area contributed by atoms with Crippen molar-refractivity contribution >= 4 is 38.5 Å². The molecule has 0 spiro atoms. The molecule has 1 aliphatic heterocycles. The second kappa shape index (κ2) is 5.97. The van der Waals surface area contributed by atoms with E-state index in [0.29, 0.717) is 12.0 Å². The fourth-order valence-electron chi connectivity index (χ4n) is 1.64. The van der Waals surface area contributed by atoms with Crippen molar-refractivity contribution in [1.29, 1.82) is 0 Å². The van der Waals surface area contributed by atoms with Gasteiger partial charge in [-0.15, -0.1) is 0 Å². The Morgan fingerprint density at radius 1 is 1.39 bits per heavy atom. The van der Waals surface area contributed by atoms with E-state index in [9.17, 15) is 0 Å². The average Bonchev–Trinajstić information content (AvgIpc) is 2.33. The van der Waals surface area contributed by atoms with Gasteiger partial charge in [0.1, 0.15) is 5.75 Å². The Hall–Kier alpha value is -0.680. The number of nitrogens with one attached hydrogen (secondary N) is 1. The lowest BCUT2D eigenvalue weighted by molar-refractivity contribution is 0.415. The quantitative estimate of drug-likeness (QED) is 0.890. The first kappa shape index (κ1) is 13.7. The molecule has 1 aromatic carbocycles. The molecule has 5 heteroatoms. The number of nitrogens with zero attached hydrogens (tertiary/aromatic N) is 1. The van der Waals surface area contributed by atoms with Gasteiger partial charge in [-0.05, 0) is 25.0 Å². The topological polar surface area (TPSA) is 33.6 Å². The lowest BCUT2D eigenvalue weighted by Crippen LogP contribution is -2.25. The molecule has 0 radical (unpaired) electrons. The molecule has 1 N–H and O–H groups in total. The van der Waals surface area contributed by atoms with E-state index in [4.69, 9.17) is 4.74 Å². The second-order valence-electron chi connectivity index (χ2n) is 4.47. The molecule has 1 heterocycles. The Morgan fingerprint density at radius 2 is 2.17 bits per heavy atom. The van der Waals surface area contributed by atoms with Crippen molar-refractivity contribution in [3.05, 3.63) is 22.7 Å². The Labute approximate surface area is 121 Å². The third kappa shape index (κ3) is 3.42. The Kier molecular flexibility index (Phi) is 4.56. The molecule has 0 aromatic heterocycles. The third-order valence-electron chi connectivity index (χ3n) is 2.99. The number of methoxy groups -OCH3 is 1. The van der Waals surface area contributed by atoms with Crippen molar-refractivity contribution in [2.24, 2.45) is 10.9 Å². The van der Waals surface area contributed by atoms with Gasteiger partial charge in [0.2, 0.25) is 0 Å². The zero-order valence-corrected chi connectivity index (χ0v) is 13.1. The fraction of sp³-hybridized carbons (Fsp3) is 0.462. The molecule has 18 heavy (non-hydrogen) atoms. The molecule has 1 aliphatic rings. The Bertz CT molecular complexity index is 464. The number of anilines is 1. The maximum Gasteiger partial charge on any atom is 0.161 e. The first-order chi connectivity index (χ1) is 8.58. The molecule has 0 fully saturated rings. The number of amidine groups is 1. The van der Waals surface area contributed by atoms with Crippen LogP contribution >= 0.6 is 27.7 Å². The van der Waals surface area contributed by atoms with Crippen LogP contribution in [-0.2, 0) is 0 Å². The standard InChI is InChI=1S/C13H17BrN2OS/c1-8-7-18-13(15-9(8)2)16-11-4-10(14)5-12(6-11)17-3/h4-6,8-9H,7H2,1-3H3,(H,15,16). The summed E-state index contributed by atoms with van der Waals surface area (Å²) < 4.78 is 6.24. The Morgan fingerprint density at radius 3 is 2.83 bits per heavy atom. The highest BCUT2D eigenvalue weighted by molar-refractivity contribution is 9.10. The van der Waals surface area contributed by atoms with E-state index >= 15 is 0 Å². The third-order valence-corrected chi connectivity index (χ3v) is 4.62. The largest absolute Gasteiger partial charge is 0.497 e. The number of hydrogen-bond acceptors (Lipinski definition) is 4. The predicted molar refractivity (Wildman–Crippen MR) is 82.8 cm³/mol. The molecule has 0 amide bonds. The van der Waals surface area contributed by atoms with Crippen LogP contribution in [0.1, 0.15) is 13.8 Å². The minimum atomic E-state index is 0.378. The van der Waals surface area contributed by atoms with Gasteiger partial charge in [-0.3, -0.25) is 4.99 Å². The maximum atomic E-state index is 5.25. The minimum Gasteiger partial charge on any atom is -0.497 e. The van der Waals surface area contributed by atoms with Crippen molar-refractivity contribution in [2.75, 3.05) is 18.2 Å². The summed E-state index contributed by atoms with van der Waals surface area (Å²) in [4.78, 5) is 4.66. The van der Waals surface area contributed by atoms with Gasteiger partial charge in [0.25, 0.3) is 0 Å². The van der Waals surface area contributed by atoms with E-state index in [1.165, 1.54) is 0 Å². The van der Waals surface area contributed by atoms with E-state index in [0.717, 1.165) is 26.8 Å². The highest BCUT2D eigenvalue weighted by Gasteiger charge is 2.19. The average molecular weight is 329 g/mol. The highest BCUT2D eigenvalue weighted by Crippen LogP contribution is 2.27. The van der Waals surface area contributed by atoms with E-state index < -0.39 is 0 Å². The first-order valence-electron chi connectivity index (χ1n) is 5.90. The molecule has 2 atom stereocenters. The van der Waals surface area contributed by atoms with E-state index in [1.54, 1.807) is 18.9 Å². The van der Waals surface area contributed by atoms with Crippen LogP contribution in [0.5, 0.6) is 5.75 Å². The molecule has 0 saturated carbocycles. The van der Waals surface area contributed by atoms with Gasteiger partial charge in [-0.1, -0.05) is 34.6 Å². The lowest BCUT2D eigenvalue weighted by atomic mass is 10.1. The van der Waals surface area contributed by atoms with Crippen LogP contribution in [0.15, 0.2) is 27.7 Å². The lowest BCUT2D eigenvalue weighted by Gasteiger charge is -2.23. The van der Waals surface area contributed by atoms with Crippen molar-refractivity contribution in [2.45, 2.75) is 19.9 Å². The van der Waals surface area contributed by atoms with Gasteiger partial charge in [0, 0.05) is 22.0 Å². The number of thioether (sulfide) groups is 1. The summed E-state index contributed by atoms with van der Waals surface area (Å²) in [6.45, 7) is 4.40. The van der Waals surface area contributed by atoms with E-state index in [-0.39, 0.29) is 0 Å². The molecule has 2 unspecified atom stereocenters. The molecule has 0 saturated heterocycles. The summed E-state index contributed by atoms with van der Waals surface area (Å²) in [5.41, 5.74) is 0.995. The maximum absolute atomic E-state index is 5.25. The van der Waals surface area contributed by atoms with E-state index in [1.807, 2.05) is 18.2 Å². The summed E-state index contributed by atoms with van der Waals surface area (Å²) in [5, 5.41) is 4.34. The van der Waals surface area contributed by atoms with Crippen molar-refractivity contribution in [3.8, 4) is 5.75 Å². The van der Waals surface area contributed by atoms with Crippen LogP contribution in [0.3, 0.4) is 0 Å². The Balaban J connectivity index is 2.14. The van der Waals surface area contributed by atoms with Gasteiger partial charge in [-0.25, -0.2) is 0 Å². The van der Waals surface area contributed by atoms with Crippen LogP contribution in [0.25, 0.3) is 0 Å². The molecule has 98 valence electrons. The SMILES string of the molecule is COc1cc(Br)cc(NC2=NC(C)C(C)CS2)c1. The predicted octanol–water partition coefficient (Wildman–Crippen LogP) is 4.00. The molecular weight excluding hydrogens is 312 g/mol. The summed E-state index contributed by atoms with van der Waals surface area (Å²) in [5.74, 6) is 2.57. The van der Waals surface area contributed by atoms with E-state index in [2.05, 4.69) is 40.1 Å². The molecule has 2 rings (SSSR count). The molecule has 1 aromatic rings. The van der Waals surface area contributed by atoms with Crippen LogP contribution in [0.2, 0.25) is 0 Å². The molecule has 0 aliphatic carbocycles. The van der Waals surface area contributed by atoms with Crippen LogP contribution in [0.4, 0.5) is 5.69 Å². The number of benzene rings is 1. The molecule has 0 bridgehead atoms. The van der Waals surface area contributed by atoms with Gasteiger partial charge in [0.05, 0.1) is 13.2 Å². The number of aliphatic imine (C=N–C) groups is 1. The second-order valence-corrected chi connectivity index (χ2v) is 6.39. The number of rotatable bonds is 2. The van der Waals surface area contributed by atoms with Crippen molar-refractivity contribution in [3.63, 3.8) is 0 Å². The van der Waals surface area contributed by atoms with Gasteiger partial charge >= 0.3 is 0 Å². The summed E-state index contributed by atoms with van der Waals surface area (Å²) in [7, 11) is 1.67. The number of halogens is 1. The summed E-state index contributed by atoms with van der Waals surface area (Å²) >= 11 is 5.25. The monoisotopic (exact) mass is 328 g/mol. The highest BCUT2D eigenvalue weighted by atomic mass is 79.9. The zero-order chi connectivity index (χ0) is 13.1. The van der Waals surface area contributed by atoms with Gasteiger partial charge in [0.15, 0.2) is 5.17 Å². The fourth-order valence-corrected chi connectivity index (χ4v) is 3.25. The number of ether oxygens (including phenoxy) is 1. The summed E-state index contributed by atoms with van der Waals surface area (Å²) in [6.07, 6.45) is 0. The van der Waals surface area contributed by atoms with Crippen LogP contribution in [0, 0.1) is 5.92 Å². The summed E-state index contributed by atoms with van der Waals surface area (Å²) in [6, 6.07) is 6.30. The smallest absolute Gasteiger partial charge is 0.161 e. The zero-order valence-electron chi connectivity index (χ0n) is 10.7. The van der Waals surface area contributed by atoms with Crippen molar-refractivity contribution in [1.82, 2.24) is 0 Å². The molecular formula is C13H17BrN2OS. The van der Waals surface area contributed by atoms with Gasteiger partial charge in [-0.2, -0.15) is 0 Å². The minimum absolute atomic E-state index is 0.378. The normalized spacial score (nSPS) is 23.4. The first-order valence-corrected chi connectivity index (χ1v) is 7.68.